The lowest BCUT2D eigenvalue weighted by atomic mass is 10.00. The molecule has 0 spiro atoms. The Labute approximate surface area is 142 Å². The van der Waals surface area contributed by atoms with Crippen molar-refractivity contribution in [1.82, 2.24) is 10.6 Å². The molecule has 1 atom stereocenters. The smallest absolute Gasteiger partial charge is 0.275 e. The normalized spacial score (nSPS) is 12.2. The first-order valence-corrected chi connectivity index (χ1v) is 8.34. The number of carbonyl (C=O) groups excluding carboxylic acids is 2. The summed E-state index contributed by atoms with van der Waals surface area (Å²) in [6.07, 6.45) is 0. The van der Waals surface area contributed by atoms with E-state index in [-0.39, 0.29) is 30.4 Å². The minimum Gasteiger partial charge on any atom is -0.352 e. The van der Waals surface area contributed by atoms with E-state index in [0.29, 0.717) is 6.54 Å². The van der Waals surface area contributed by atoms with Crippen LogP contribution in [-0.2, 0) is 9.59 Å². The van der Waals surface area contributed by atoms with Gasteiger partial charge in [-0.2, -0.15) is 0 Å². The van der Waals surface area contributed by atoms with Crippen molar-refractivity contribution in [2.45, 2.75) is 32.9 Å². The number of rotatable bonds is 7. The first kappa shape index (κ1) is 17.9. The summed E-state index contributed by atoms with van der Waals surface area (Å²) in [7, 11) is 0. The molecule has 0 aliphatic carbocycles. The molecular formula is C19H26N3O2+. The number of nitrogens with one attached hydrogen (secondary N) is 2. The number of hydrogen-bond donors (Lipinski definition) is 3. The SMILES string of the molecule is CC(C)NC(=O)CNC(=O)C[NH2+][C@H](C)c1cccc2ccccc12. The lowest BCUT2D eigenvalue weighted by Crippen LogP contribution is -2.87. The predicted octanol–water partition coefficient (Wildman–Crippen LogP) is 1.11. The van der Waals surface area contributed by atoms with Crippen LogP contribution in [0.1, 0.15) is 32.4 Å². The Morgan fingerprint density at radius 1 is 1.00 bits per heavy atom. The summed E-state index contributed by atoms with van der Waals surface area (Å²) in [4.78, 5) is 23.4. The van der Waals surface area contributed by atoms with Gasteiger partial charge in [0.25, 0.3) is 5.91 Å². The molecule has 0 radical (unpaired) electrons. The quantitative estimate of drug-likeness (QED) is 0.712. The van der Waals surface area contributed by atoms with Crippen molar-refractivity contribution in [2.24, 2.45) is 0 Å². The fraction of sp³-hybridized carbons (Fsp3) is 0.368. The summed E-state index contributed by atoms with van der Waals surface area (Å²) in [5.41, 5.74) is 1.21. The van der Waals surface area contributed by atoms with Crippen LogP contribution in [0.5, 0.6) is 0 Å². The van der Waals surface area contributed by atoms with Gasteiger partial charge in [0.15, 0.2) is 6.54 Å². The molecule has 0 fully saturated rings. The van der Waals surface area contributed by atoms with E-state index >= 15 is 0 Å². The van der Waals surface area contributed by atoms with Crippen LogP contribution in [0, 0.1) is 0 Å². The molecule has 2 amide bonds. The predicted molar refractivity (Wildman–Crippen MR) is 95.4 cm³/mol. The maximum absolute atomic E-state index is 11.9. The van der Waals surface area contributed by atoms with Crippen molar-refractivity contribution in [3.05, 3.63) is 48.0 Å². The van der Waals surface area contributed by atoms with Crippen LogP contribution in [0.2, 0.25) is 0 Å². The fourth-order valence-electron chi connectivity index (χ4n) is 2.68. The maximum Gasteiger partial charge on any atom is 0.275 e. The van der Waals surface area contributed by atoms with E-state index in [1.165, 1.54) is 16.3 Å². The molecule has 0 saturated carbocycles. The van der Waals surface area contributed by atoms with E-state index in [9.17, 15) is 9.59 Å². The second-order valence-electron chi connectivity index (χ2n) is 6.30. The van der Waals surface area contributed by atoms with Crippen molar-refractivity contribution in [3.8, 4) is 0 Å². The number of fused-ring (bicyclic) bond motifs is 1. The van der Waals surface area contributed by atoms with Gasteiger partial charge in [0.2, 0.25) is 5.91 Å². The monoisotopic (exact) mass is 328 g/mol. The van der Waals surface area contributed by atoms with E-state index < -0.39 is 0 Å². The third-order valence-electron chi connectivity index (χ3n) is 3.87. The van der Waals surface area contributed by atoms with E-state index in [0.717, 1.165) is 0 Å². The zero-order chi connectivity index (χ0) is 17.5. The average Bonchev–Trinajstić information content (AvgIpc) is 2.56. The van der Waals surface area contributed by atoms with Gasteiger partial charge in [-0.1, -0.05) is 42.5 Å². The van der Waals surface area contributed by atoms with Crippen LogP contribution in [0.3, 0.4) is 0 Å². The first-order valence-electron chi connectivity index (χ1n) is 8.34. The molecule has 0 heterocycles. The molecule has 24 heavy (non-hydrogen) atoms. The highest BCUT2D eigenvalue weighted by atomic mass is 16.2. The topological polar surface area (TPSA) is 74.8 Å². The number of nitrogens with two attached hydrogens (primary N) is 1. The number of carbonyl (C=O) groups is 2. The Bertz CT molecular complexity index is 707. The van der Waals surface area contributed by atoms with Crippen molar-refractivity contribution >= 4 is 22.6 Å². The van der Waals surface area contributed by atoms with Crippen molar-refractivity contribution in [2.75, 3.05) is 13.1 Å². The molecule has 0 bridgehead atoms. The molecule has 0 saturated heterocycles. The molecule has 2 aromatic rings. The second kappa shape index (κ2) is 8.45. The third-order valence-corrected chi connectivity index (χ3v) is 3.87. The van der Waals surface area contributed by atoms with Gasteiger partial charge in [-0.3, -0.25) is 9.59 Å². The van der Waals surface area contributed by atoms with Crippen LogP contribution in [0.25, 0.3) is 10.8 Å². The number of benzene rings is 2. The maximum atomic E-state index is 11.9. The Hall–Kier alpha value is -2.40. The molecule has 0 aliphatic heterocycles. The van der Waals surface area contributed by atoms with Gasteiger partial charge in [-0.25, -0.2) is 0 Å². The largest absolute Gasteiger partial charge is 0.352 e. The summed E-state index contributed by atoms with van der Waals surface area (Å²) >= 11 is 0. The van der Waals surface area contributed by atoms with Gasteiger partial charge < -0.3 is 16.0 Å². The third kappa shape index (κ3) is 5.06. The van der Waals surface area contributed by atoms with Crippen LogP contribution in [0.4, 0.5) is 0 Å². The van der Waals surface area contributed by atoms with Crippen LogP contribution >= 0.6 is 0 Å². The molecule has 2 aromatic carbocycles. The fourth-order valence-corrected chi connectivity index (χ4v) is 2.68. The zero-order valence-corrected chi connectivity index (χ0v) is 14.5. The highest BCUT2D eigenvalue weighted by Crippen LogP contribution is 2.21. The lowest BCUT2D eigenvalue weighted by molar-refractivity contribution is -0.682. The Kier molecular flexibility index (Phi) is 6.32. The van der Waals surface area contributed by atoms with E-state index in [1.54, 1.807) is 0 Å². The molecule has 128 valence electrons. The Morgan fingerprint density at radius 3 is 2.46 bits per heavy atom. The zero-order valence-electron chi connectivity index (χ0n) is 14.5. The summed E-state index contributed by atoms with van der Waals surface area (Å²) in [5, 5.41) is 9.79. The van der Waals surface area contributed by atoms with E-state index in [1.807, 2.05) is 37.4 Å². The van der Waals surface area contributed by atoms with Gasteiger partial charge in [-0.05, 0) is 31.5 Å². The molecular weight excluding hydrogens is 302 g/mol. The standard InChI is InChI=1S/C19H25N3O2/c1-13(2)22-19(24)12-21-18(23)11-20-14(3)16-10-6-8-15-7-4-5-9-17(15)16/h4-10,13-14,20H,11-12H2,1-3H3,(H,21,23)(H,22,24)/p+1/t14-/m1/s1. The Morgan fingerprint density at radius 2 is 1.71 bits per heavy atom. The van der Waals surface area contributed by atoms with E-state index in [2.05, 4.69) is 41.8 Å². The average molecular weight is 328 g/mol. The number of quaternary nitrogens is 1. The van der Waals surface area contributed by atoms with Gasteiger partial charge in [0, 0.05) is 11.6 Å². The molecule has 5 heteroatoms. The number of hydrogen-bond acceptors (Lipinski definition) is 2. The van der Waals surface area contributed by atoms with Gasteiger partial charge in [-0.15, -0.1) is 0 Å². The van der Waals surface area contributed by atoms with Crippen LogP contribution in [-0.4, -0.2) is 30.9 Å². The molecule has 2 rings (SSSR count). The second-order valence-corrected chi connectivity index (χ2v) is 6.30. The lowest BCUT2D eigenvalue weighted by Gasteiger charge is -2.14. The van der Waals surface area contributed by atoms with Crippen LogP contribution < -0.4 is 16.0 Å². The van der Waals surface area contributed by atoms with Gasteiger partial charge in [0.05, 0.1) is 6.54 Å². The highest BCUT2D eigenvalue weighted by Gasteiger charge is 2.14. The van der Waals surface area contributed by atoms with Crippen LogP contribution in [0.15, 0.2) is 42.5 Å². The summed E-state index contributed by atoms with van der Waals surface area (Å²) < 4.78 is 0. The summed E-state index contributed by atoms with van der Waals surface area (Å²) in [6.45, 7) is 6.17. The summed E-state index contributed by atoms with van der Waals surface area (Å²) in [5.74, 6) is -0.304. The van der Waals surface area contributed by atoms with Crippen molar-refractivity contribution < 1.29 is 14.9 Å². The molecule has 0 aliphatic rings. The van der Waals surface area contributed by atoms with Crippen molar-refractivity contribution in [3.63, 3.8) is 0 Å². The Balaban J connectivity index is 1.87. The number of amides is 2. The summed E-state index contributed by atoms with van der Waals surface area (Å²) in [6, 6.07) is 14.7. The molecule has 0 aromatic heterocycles. The van der Waals surface area contributed by atoms with Crippen molar-refractivity contribution in [1.29, 1.82) is 0 Å². The molecule has 4 N–H and O–H groups in total. The molecule has 5 nitrogen and oxygen atoms in total. The van der Waals surface area contributed by atoms with Gasteiger partial charge >= 0.3 is 0 Å². The minimum atomic E-state index is -0.166. The van der Waals surface area contributed by atoms with Gasteiger partial charge in [0.1, 0.15) is 6.04 Å². The van der Waals surface area contributed by atoms with E-state index in [4.69, 9.17) is 0 Å². The minimum absolute atomic E-state index is 0.0213. The highest BCUT2D eigenvalue weighted by molar-refractivity contribution is 5.86. The first-order chi connectivity index (χ1) is 11.5. The molecule has 0 unspecified atom stereocenters.